The standard InChI is InChI=1S/C12H18ClN3O/c1-9-12(13)11(15(2)14-9)7-16-6-4-3-5-10(16)8-17/h8,10H,3-7H2,1-2H3. The van der Waals surface area contributed by atoms with Crippen molar-refractivity contribution in [3.05, 3.63) is 16.4 Å². The molecular weight excluding hydrogens is 238 g/mol. The van der Waals surface area contributed by atoms with Crippen LogP contribution in [-0.2, 0) is 18.4 Å². The molecule has 1 fully saturated rings. The second-order valence-corrected chi connectivity index (χ2v) is 5.02. The van der Waals surface area contributed by atoms with E-state index >= 15 is 0 Å². The topological polar surface area (TPSA) is 38.1 Å². The highest BCUT2D eigenvalue weighted by Crippen LogP contribution is 2.24. The molecule has 2 rings (SSSR count). The van der Waals surface area contributed by atoms with Gasteiger partial charge >= 0.3 is 0 Å². The van der Waals surface area contributed by atoms with Crippen molar-refractivity contribution in [3.63, 3.8) is 0 Å². The Balaban J connectivity index is 2.16. The second kappa shape index (κ2) is 5.19. The molecular formula is C12H18ClN3O. The van der Waals surface area contributed by atoms with Crippen molar-refractivity contribution < 1.29 is 4.79 Å². The molecule has 17 heavy (non-hydrogen) atoms. The number of piperidine rings is 1. The van der Waals surface area contributed by atoms with Gasteiger partial charge in [0.05, 0.1) is 22.5 Å². The number of aromatic nitrogens is 2. The monoisotopic (exact) mass is 255 g/mol. The predicted molar refractivity (Wildman–Crippen MR) is 67.1 cm³/mol. The zero-order valence-corrected chi connectivity index (χ0v) is 11.1. The minimum absolute atomic E-state index is 0.0371. The summed E-state index contributed by atoms with van der Waals surface area (Å²) in [6, 6.07) is 0.0371. The lowest BCUT2D eigenvalue weighted by Gasteiger charge is -2.32. The summed E-state index contributed by atoms with van der Waals surface area (Å²) in [6.07, 6.45) is 4.30. The third kappa shape index (κ3) is 2.53. The van der Waals surface area contributed by atoms with Gasteiger partial charge in [-0.15, -0.1) is 0 Å². The van der Waals surface area contributed by atoms with Gasteiger partial charge in [0.15, 0.2) is 0 Å². The molecule has 1 aliphatic heterocycles. The quantitative estimate of drug-likeness (QED) is 0.775. The van der Waals surface area contributed by atoms with Crippen LogP contribution in [-0.4, -0.2) is 33.6 Å². The van der Waals surface area contributed by atoms with E-state index in [1.165, 1.54) is 0 Å². The van der Waals surface area contributed by atoms with Crippen LogP contribution in [0.3, 0.4) is 0 Å². The summed E-state index contributed by atoms with van der Waals surface area (Å²) in [7, 11) is 1.90. The van der Waals surface area contributed by atoms with Gasteiger partial charge in [-0.25, -0.2) is 0 Å². The van der Waals surface area contributed by atoms with Crippen LogP contribution in [0.25, 0.3) is 0 Å². The van der Waals surface area contributed by atoms with Crippen molar-refractivity contribution in [2.75, 3.05) is 6.54 Å². The van der Waals surface area contributed by atoms with Crippen molar-refractivity contribution in [3.8, 4) is 0 Å². The number of aryl methyl sites for hydroxylation is 2. The molecule has 2 heterocycles. The van der Waals surface area contributed by atoms with Crippen LogP contribution < -0.4 is 0 Å². The third-order valence-corrected chi connectivity index (χ3v) is 3.93. The number of likely N-dealkylation sites (tertiary alicyclic amines) is 1. The third-order valence-electron chi connectivity index (χ3n) is 3.44. The van der Waals surface area contributed by atoms with E-state index in [9.17, 15) is 4.79 Å². The number of aldehydes is 1. The first-order valence-electron chi connectivity index (χ1n) is 6.00. The first kappa shape index (κ1) is 12.6. The van der Waals surface area contributed by atoms with E-state index in [4.69, 9.17) is 11.6 Å². The van der Waals surface area contributed by atoms with Crippen molar-refractivity contribution in [2.24, 2.45) is 7.05 Å². The van der Waals surface area contributed by atoms with E-state index in [2.05, 4.69) is 10.00 Å². The Morgan fingerprint density at radius 1 is 1.53 bits per heavy atom. The van der Waals surface area contributed by atoms with Gasteiger partial charge in [-0.1, -0.05) is 18.0 Å². The maximum atomic E-state index is 11.0. The van der Waals surface area contributed by atoms with Gasteiger partial charge in [0, 0.05) is 13.6 Å². The highest BCUT2D eigenvalue weighted by Gasteiger charge is 2.24. The number of nitrogens with zero attached hydrogens (tertiary/aromatic N) is 3. The lowest BCUT2D eigenvalue weighted by molar-refractivity contribution is -0.113. The first-order valence-corrected chi connectivity index (χ1v) is 6.38. The molecule has 1 unspecified atom stereocenters. The first-order chi connectivity index (χ1) is 8.13. The van der Waals surface area contributed by atoms with Crippen molar-refractivity contribution in [1.82, 2.24) is 14.7 Å². The molecule has 1 aliphatic rings. The van der Waals surface area contributed by atoms with Crippen LogP contribution in [0.5, 0.6) is 0 Å². The summed E-state index contributed by atoms with van der Waals surface area (Å²) in [4.78, 5) is 13.2. The molecule has 1 aromatic heterocycles. The van der Waals surface area contributed by atoms with Crippen LogP contribution >= 0.6 is 11.6 Å². The Morgan fingerprint density at radius 2 is 2.29 bits per heavy atom. The number of carbonyl (C=O) groups excluding carboxylic acids is 1. The molecule has 1 aromatic rings. The van der Waals surface area contributed by atoms with Gasteiger partial charge < -0.3 is 4.79 Å². The van der Waals surface area contributed by atoms with Gasteiger partial charge in [0.25, 0.3) is 0 Å². The molecule has 0 amide bonds. The van der Waals surface area contributed by atoms with Crippen LogP contribution in [0, 0.1) is 6.92 Å². The SMILES string of the molecule is Cc1nn(C)c(CN2CCCCC2C=O)c1Cl. The molecule has 1 atom stereocenters. The fourth-order valence-electron chi connectivity index (χ4n) is 2.41. The Hall–Kier alpha value is -0.870. The molecule has 0 saturated carbocycles. The summed E-state index contributed by atoms with van der Waals surface area (Å²) in [5.41, 5.74) is 1.85. The maximum absolute atomic E-state index is 11.0. The summed E-state index contributed by atoms with van der Waals surface area (Å²) < 4.78 is 1.81. The molecule has 1 saturated heterocycles. The number of rotatable bonds is 3. The van der Waals surface area contributed by atoms with Gasteiger partial charge in [0.2, 0.25) is 0 Å². The summed E-state index contributed by atoms with van der Waals surface area (Å²) in [6.45, 7) is 3.57. The zero-order valence-electron chi connectivity index (χ0n) is 10.3. The summed E-state index contributed by atoms with van der Waals surface area (Å²) >= 11 is 6.23. The Kier molecular flexibility index (Phi) is 3.84. The zero-order chi connectivity index (χ0) is 12.4. The van der Waals surface area contributed by atoms with Gasteiger partial charge in [-0.2, -0.15) is 5.10 Å². The van der Waals surface area contributed by atoms with Gasteiger partial charge in [-0.3, -0.25) is 9.58 Å². The Bertz CT molecular complexity index is 416. The summed E-state index contributed by atoms with van der Waals surface area (Å²) in [5, 5.41) is 5.02. The molecule has 0 aliphatic carbocycles. The highest BCUT2D eigenvalue weighted by atomic mass is 35.5. The second-order valence-electron chi connectivity index (χ2n) is 4.64. The molecule has 0 spiro atoms. The summed E-state index contributed by atoms with van der Waals surface area (Å²) in [5.74, 6) is 0. The maximum Gasteiger partial charge on any atom is 0.137 e. The smallest absolute Gasteiger partial charge is 0.137 e. The Labute approximate surface area is 107 Å². The van der Waals surface area contributed by atoms with Crippen LogP contribution in [0.15, 0.2) is 0 Å². The van der Waals surface area contributed by atoms with E-state index in [-0.39, 0.29) is 6.04 Å². The van der Waals surface area contributed by atoms with Crippen molar-refractivity contribution in [1.29, 1.82) is 0 Å². The van der Waals surface area contributed by atoms with Crippen LogP contribution in [0.4, 0.5) is 0 Å². The van der Waals surface area contributed by atoms with Crippen molar-refractivity contribution in [2.45, 2.75) is 38.8 Å². The average molecular weight is 256 g/mol. The number of hydrogen-bond donors (Lipinski definition) is 0. The van der Waals surface area contributed by atoms with Crippen molar-refractivity contribution >= 4 is 17.9 Å². The Morgan fingerprint density at radius 3 is 2.88 bits per heavy atom. The predicted octanol–water partition coefficient (Wildman–Crippen LogP) is 1.94. The molecule has 0 radical (unpaired) electrons. The number of carbonyl (C=O) groups is 1. The lowest BCUT2D eigenvalue weighted by Crippen LogP contribution is -2.40. The molecule has 5 heteroatoms. The molecule has 94 valence electrons. The minimum atomic E-state index is 0.0371. The van der Waals surface area contributed by atoms with E-state index in [1.54, 1.807) is 0 Å². The number of hydrogen-bond acceptors (Lipinski definition) is 3. The van der Waals surface area contributed by atoms with E-state index in [0.29, 0.717) is 6.54 Å². The average Bonchev–Trinajstić information content (AvgIpc) is 2.57. The molecule has 4 nitrogen and oxygen atoms in total. The van der Waals surface area contributed by atoms with Crippen LogP contribution in [0.1, 0.15) is 30.7 Å². The van der Waals surface area contributed by atoms with E-state index in [0.717, 1.165) is 48.5 Å². The molecule has 0 aromatic carbocycles. The van der Waals surface area contributed by atoms with Gasteiger partial charge in [0.1, 0.15) is 6.29 Å². The van der Waals surface area contributed by atoms with E-state index < -0.39 is 0 Å². The normalized spacial score (nSPS) is 21.7. The fraction of sp³-hybridized carbons (Fsp3) is 0.667. The van der Waals surface area contributed by atoms with E-state index in [1.807, 2.05) is 18.7 Å². The fourth-order valence-corrected chi connectivity index (χ4v) is 2.63. The lowest BCUT2D eigenvalue weighted by atomic mass is 10.0. The number of halogens is 1. The minimum Gasteiger partial charge on any atom is -0.302 e. The largest absolute Gasteiger partial charge is 0.302 e. The molecule has 0 N–H and O–H groups in total. The molecule has 0 bridgehead atoms. The van der Waals surface area contributed by atoms with Crippen LogP contribution in [0.2, 0.25) is 5.02 Å². The van der Waals surface area contributed by atoms with Gasteiger partial charge in [-0.05, 0) is 26.3 Å². The highest BCUT2D eigenvalue weighted by molar-refractivity contribution is 6.31.